The fraction of sp³-hybridized carbons (Fsp3) is 0.625. The Morgan fingerprint density at radius 1 is 1.82 bits per heavy atom. The van der Waals surface area contributed by atoms with E-state index in [9.17, 15) is 0 Å². The molecule has 1 aliphatic carbocycles. The number of hydrogen-bond donors (Lipinski definition) is 1. The van der Waals surface area contributed by atoms with Crippen molar-refractivity contribution in [2.75, 3.05) is 6.54 Å². The maximum Gasteiger partial charge on any atom is 0.140 e. The minimum absolute atomic E-state index is 0.557. The fourth-order valence-corrected chi connectivity index (χ4v) is 1.41. The van der Waals surface area contributed by atoms with Gasteiger partial charge in [0.15, 0.2) is 0 Å². The standard InChI is InChI=1S/C8H12N2O/c1-5-2-8(11-10-5)7-3-6(7)4-9/h2,6-7H,3-4,9H2,1H3/t6-,7+/m0/s1. The lowest BCUT2D eigenvalue weighted by atomic mass is 10.2. The maximum atomic E-state index is 5.51. The normalized spacial score (nSPS) is 28.9. The van der Waals surface area contributed by atoms with Crippen molar-refractivity contribution >= 4 is 0 Å². The monoisotopic (exact) mass is 152 g/mol. The summed E-state index contributed by atoms with van der Waals surface area (Å²) in [6.45, 7) is 2.71. The molecule has 0 radical (unpaired) electrons. The van der Waals surface area contributed by atoms with Crippen LogP contribution in [-0.2, 0) is 0 Å². The lowest BCUT2D eigenvalue weighted by Gasteiger charge is -1.88. The fourth-order valence-electron chi connectivity index (χ4n) is 1.41. The molecule has 0 saturated heterocycles. The molecular weight excluding hydrogens is 140 g/mol. The van der Waals surface area contributed by atoms with Gasteiger partial charge in [0.2, 0.25) is 0 Å². The third-order valence-electron chi connectivity index (χ3n) is 2.24. The summed E-state index contributed by atoms with van der Waals surface area (Å²) in [5, 5.41) is 3.83. The summed E-state index contributed by atoms with van der Waals surface area (Å²) in [5.41, 5.74) is 6.47. The molecule has 1 heterocycles. The topological polar surface area (TPSA) is 52.0 Å². The molecule has 11 heavy (non-hydrogen) atoms. The van der Waals surface area contributed by atoms with Crippen LogP contribution >= 0.6 is 0 Å². The van der Waals surface area contributed by atoms with Crippen molar-refractivity contribution in [3.8, 4) is 0 Å². The molecule has 3 heteroatoms. The molecule has 0 amide bonds. The van der Waals surface area contributed by atoms with Gasteiger partial charge in [0.25, 0.3) is 0 Å². The van der Waals surface area contributed by atoms with Crippen LogP contribution in [0.5, 0.6) is 0 Å². The van der Waals surface area contributed by atoms with Gasteiger partial charge >= 0.3 is 0 Å². The van der Waals surface area contributed by atoms with Gasteiger partial charge in [-0.3, -0.25) is 0 Å². The average Bonchev–Trinajstić information content (AvgIpc) is 2.68. The molecule has 0 aliphatic heterocycles. The van der Waals surface area contributed by atoms with Crippen LogP contribution in [0.4, 0.5) is 0 Å². The molecule has 3 nitrogen and oxygen atoms in total. The van der Waals surface area contributed by atoms with Crippen LogP contribution in [0.2, 0.25) is 0 Å². The van der Waals surface area contributed by atoms with Crippen LogP contribution in [0.1, 0.15) is 23.8 Å². The van der Waals surface area contributed by atoms with E-state index in [1.54, 1.807) is 0 Å². The largest absolute Gasteiger partial charge is 0.361 e. The lowest BCUT2D eigenvalue weighted by molar-refractivity contribution is 0.377. The van der Waals surface area contributed by atoms with Crippen molar-refractivity contribution in [3.63, 3.8) is 0 Å². The van der Waals surface area contributed by atoms with Crippen LogP contribution in [0, 0.1) is 12.8 Å². The van der Waals surface area contributed by atoms with Crippen molar-refractivity contribution in [1.29, 1.82) is 0 Å². The minimum Gasteiger partial charge on any atom is -0.361 e. The Balaban J connectivity index is 2.08. The number of hydrogen-bond acceptors (Lipinski definition) is 3. The summed E-state index contributed by atoms with van der Waals surface area (Å²) >= 11 is 0. The molecule has 0 aromatic carbocycles. The highest BCUT2D eigenvalue weighted by atomic mass is 16.5. The van der Waals surface area contributed by atoms with Gasteiger partial charge in [0.1, 0.15) is 5.76 Å². The van der Waals surface area contributed by atoms with Crippen LogP contribution in [0.3, 0.4) is 0 Å². The molecule has 1 aromatic heterocycles. The second-order valence-electron chi connectivity index (χ2n) is 3.21. The number of nitrogens with zero attached hydrogens (tertiary/aromatic N) is 1. The summed E-state index contributed by atoms with van der Waals surface area (Å²) in [6.07, 6.45) is 1.17. The van der Waals surface area contributed by atoms with E-state index in [2.05, 4.69) is 5.16 Å². The van der Waals surface area contributed by atoms with Gasteiger partial charge in [-0.15, -0.1) is 0 Å². The molecule has 0 spiro atoms. The Morgan fingerprint density at radius 2 is 2.64 bits per heavy atom. The quantitative estimate of drug-likeness (QED) is 0.689. The Hall–Kier alpha value is -0.830. The first-order chi connectivity index (χ1) is 5.31. The van der Waals surface area contributed by atoms with E-state index in [4.69, 9.17) is 10.3 Å². The number of aromatic nitrogens is 1. The van der Waals surface area contributed by atoms with E-state index in [0.717, 1.165) is 18.0 Å². The predicted molar refractivity (Wildman–Crippen MR) is 41.1 cm³/mol. The Labute approximate surface area is 65.6 Å². The number of rotatable bonds is 2. The Kier molecular flexibility index (Phi) is 1.46. The molecular formula is C8H12N2O. The average molecular weight is 152 g/mol. The van der Waals surface area contributed by atoms with E-state index >= 15 is 0 Å². The van der Waals surface area contributed by atoms with Crippen molar-refractivity contribution < 1.29 is 4.52 Å². The minimum atomic E-state index is 0.557. The second-order valence-corrected chi connectivity index (χ2v) is 3.21. The van der Waals surface area contributed by atoms with Gasteiger partial charge in [-0.25, -0.2) is 0 Å². The van der Waals surface area contributed by atoms with Gasteiger partial charge in [0, 0.05) is 12.0 Å². The van der Waals surface area contributed by atoms with Gasteiger partial charge in [-0.2, -0.15) is 0 Å². The molecule has 2 rings (SSSR count). The van der Waals surface area contributed by atoms with Crippen molar-refractivity contribution in [2.24, 2.45) is 11.7 Å². The van der Waals surface area contributed by atoms with Crippen LogP contribution < -0.4 is 5.73 Å². The highest BCUT2D eigenvalue weighted by Crippen LogP contribution is 2.46. The molecule has 1 aliphatic rings. The number of aryl methyl sites for hydroxylation is 1. The molecule has 60 valence electrons. The Bertz CT molecular complexity index is 256. The van der Waals surface area contributed by atoms with E-state index < -0.39 is 0 Å². The van der Waals surface area contributed by atoms with Crippen LogP contribution in [0.15, 0.2) is 10.6 Å². The first kappa shape index (κ1) is 6.85. The molecule has 1 aromatic rings. The first-order valence-electron chi connectivity index (χ1n) is 3.94. The smallest absolute Gasteiger partial charge is 0.140 e. The van der Waals surface area contributed by atoms with Crippen LogP contribution in [-0.4, -0.2) is 11.7 Å². The zero-order chi connectivity index (χ0) is 7.84. The molecule has 2 atom stereocenters. The van der Waals surface area contributed by atoms with Gasteiger partial charge < -0.3 is 10.3 Å². The summed E-state index contributed by atoms with van der Waals surface area (Å²) in [7, 11) is 0. The highest BCUT2D eigenvalue weighted by molar-refractivity contribution is 5.16. The molecule has 0 unspecified atom stereocenters. The van der Waals surface area contributed by atoms with Gasteiger partial charge in [0.05, 0.1) is 5.69 Å². The first-order valence-corrected chi connectivity index (χ1v) is 3.94. The summed E-state index contributed by atoms with van der Waals surface area (Å²) in [6, 6.07) is 2.00. The van der Waals surface area contributed by atoms with Crippen molar-refractivity contribution in [2.45, 2.75) is 19.3 Å². The Morgan fingerprint density at radius 3 is 3.09 bits per heavy atom. The van der Waals surface area contributed by atoms with E-state index in [-0.39, 0.29) is 0 Å². The second kappa shape index (κ2) is 2.34. The molecule has 2 N–H and O–H groups in total. The van der Waals surface area contributed by atoms with Crippen molar-refractivity contribution in [3.05, 3.63) is 17.5 Å². The van der Waals surface area contributed by atoms with Crippen LogP contribution in [0.25, 0.3) is 0 Å². The van der Waals surface area contributed by atoms with Crippen molar-refractivity contribution in [1.82, 2.24) is 5.16 Å². The predicted octanol–water partition coefficient (Wildman–Crippen LogP) is 1.05. The third-order valence-corrected chi connectivity index (χ3v) is 2.24. The van der Waals surface area contributed by atoms with Gasteiger partial charge in [-0.1, -0.05) is 5.16 Å². The third kappa shape index (κ3) is 1.16. The summed E-state index contributed by atoms with van der Waals surface area (Å²) < 4.78 is 5.11. The zero-order valence-corrected chi connectivity index (χ0v) is 6.58. The SMILES string of the molecule is Cc1cc([C@@H]2C[C@H]2CN)on1. The lowest BCUT2D eigenvalue weighted by Crippen LogP contribution is -2.01. The van der Waals surface area contributed by atoms with E-state index in [0.29, 0.717) is 11.8 Å². The van der Waals surface area contributed by atoms with E-state index in [1.807, 2.05) is 13.0 Å². The molecule has 1 fully saturated rings. The van der Waals surface area contributed by atoms with E-state index in [1.165, 1.54) is 6.42 Å². The number of nitrogens with two attached hydrogens (primary N) is 1. The molecule has 0 bridgehead atoms. The van der Waals surface area contributed by atoms with Gasteiger partial charge in [-0.05, 0) is 25.8 Å². The summed E-state index contributed by atoms with van der Waals surface area (Å²) in [4.78, 5) is 0. The zero-order valence-electron chi connectivity index (χ0n) is 6.58. The maximum absolute atomic E-state index is 5.51. The molecule has 1 saturated carbocycles. The highest BCUT2D eigenvalue weighted by Gasteiger charge is 2.39. The summed E-state index contributed by atoms with van der Waals surface area (Å²) in [5.74, 6) is 2.21.